The summed E-state index contributed by atoms with van der Waals surface area (Å²) in [7, 11) is 0. The fraction of sp³-hybridized carbons (Fsp3) is 0.550. The van der Waals surface area contributed by atoms with Gasteiger partial charge in [-0.2, -0.15) is 0 Å². The molecule has 0 aliphatic carbocycles. The molecule has 6 nitrogen and oxygen atoms in total. The Morgan fingerprint density at radius 1 is 1.35 bits per heavy atom. The van der Waals surface area contributed by atoms with Gasteiger partial charge < -0.3 is 15.1 Å². The van der Waals surface area contributed by atoms with Crippen molar-refractivity contribution in [1.82, 2.24) is 9.80 Å². The lowest BCUT2D eigenvalue weighted by atomic mass is 9.95. The molecule has 1 aromatic rings. The van der Waals surface area contributed by atoms with Gasteiger partial charge in [-0.25, -0.2) is 0 Å². The number of benzene rings is 1. The third-order valence-corrected chi connectivity index (χ3v) is 5.54. The molecule has 6 heteroatoms. The molecule has 0 radical (unpaired) electrons. The summed E-state index contributed by atoms with van der Waals surface area (Å²) < 4.78 is 7.37. The third-order valence-electron chi connectivity index (χ3n) is 5.54. The largest absolute Gasteiger partial charge is 0.331 e. The maximum atomic E-state index is 13.5. The summed E-state index contributed by atoms with van der Waals surface area (Å²) >= 11 is 0. The lowest BCUT2D eigenvalue weighted by molar-refractivity contribution is -0.148. The Labute approximate surface area is 155 Å². The second-order valence-electron chi connectivity index (χ2n) is 7.19. The Balaban J connectivity index is 1.96. The highest BCUT2D eigenvalue weighted by Crippen LogP contribution is 2.30. The molecule has 2 unspecified atom stereocenters. The summed E-state index contributed by atoms with van der Waals surface area (Å²) in [5, 5.41) is 2.96. The van der Waals surface area contributed by atoms with Gasteiger partial charge in [0.1, 0.15) is 12.1 Å². The van der Waals surface area contributed by atoms with Gasteiger partial charge in [-0.1, -0.05) is 38.5 Å². The van der Waals surface area contributed by atoms with E-state index in [1.54, 1.807) is 4.90 Å². The van der Waals surface area contributed by atoms with Crippen molar-refractivity contribution < 1.29 is 15.8 Å². The van der Waals surface area contributed by atoms with E-state index in [9.17, 15) is 14.4 Å². The van der Waals surface area contributed by atoms with Crippen LogP contribution in [0.4, 0.5) is 5.69 Å². The average molecular weight is 358 g/mol. The highest BCUT2D eigenvalue weighted by atomic mass is 16.2. The van der Waals surface area contributed by atoms with Gasteiger partial charge >= 0.3 is 0 Å². The van der Waals surface area contributed by atoms with E-state index in [1.165, 1.54) is 4.90 Å². The Bertz CT molecular complexity index is 739. The normalized spacial score (nSPS) is 24.4. The van der Waals surface area contributed by atoms with Gasteiger partial charge in [0.25, 0.3) is 0 Å². The molecule has 0 spiro atoms. The van der Waals surface area contributed by atoms with E-state index in [-0.39, 0.29) is 30.5 Å². The van der Waals surface area contributed by atoms with E-state index in [2.05, 4.69) is 5.32 Å². The zero-order chi connectivity index (χ0) is 19.6. The number of carbonyl (C=O) groups excluding carboxylic acids is 3. The maximum absolute atomic E-state index is 13.5. The monoisotopic (exact) mass is 358 g/mol. The van der Waals surface area contributed by atoms with E-state index in [0.717, 1.165) is 24.1 Å². The van der Waals surface area contributed by atoms with Crippen LogP contribution >= 0.6 is 0 Å². The van der Waals surface area contributed by atoms with Crippen LogP contribution in [0, 0.1) is 5.92 Å². The molecule has 1 saturated heterocycles. The Kier molecular flexibility index (Phi) is 4.91. The Morgan fingerprint density at radius 2 is 2.12 bits per heavy atom. The Hall–Kier alpha value is -2.37. The molecule has 0 bridgehead atoms. The van der Waals surface area contributed by atoms with Crippen LogP contribution in [0.2, 0.25) is 0 Å². The van der Waals surface area contributed by atoms with E-state index in [1.807, 2.05) is 38.1 Å². The lowest BCUT2D eigenvalue weighted by Crippen LogP contribution is -2.54. The number of likely N-dealkylation sites (tertiary alicyclic amines) is 1. The molecule has 3 rings (SSSR count). The highest BCUT2D eigenvalue weighted by Gasteiger charge is 2.42. The smallest absolute Gasteiger partial charge is 0.247 e. The van der Waals surface area contributed by atoms with Crippen LogP contribution in [0.3, 0.4) is 0 Å². The van der Waals surface area contributed by atoms with Crippen molar-refractivity contribution in [3.05, 3.63) is 29.8 Å². The van der Waals surface area contributed by atoms with Crippen LogP contribution < -0.4 is 5.32 Å². The number of fused-ring (bicyclic) bond motifs is 1. The van der Waals surface area contributed by atoms with Crippen molar-refractivity contribution >= 4 is 23.4 Å². The molecule has 0 saturated carbocycles. The molecule has 2 aliphatic heterocycles. The van der Waals surface area contributed by atoms with Crippen LogP contribution in [0.25, 0.3) is 0 Å². The summed E-state index contributed by atoms with van der Waals surface area (Å²) in [6.45, 7) is 4.45. The number of hydrogen-bond donors (Lipinski definition) is 1. The average Bonchev–Trinajstić information content (AvgIpc) is 3.11. The Morgan fingerprint density at radius 3 is 2.85 bits per heavy atom. The number of rotatable bonds is 3. The molecule has 0 aromatic heterocycles. The number of anilines is 1. The molecule has 2 heterocycles. The van der Waals surface area contributed by atoms with Crippen molar-refractivity contribution in [3.8, 4) is 0 Å². The zero-order valence-corrected chi connectivity index (χ0v) is 15.4. The predicted octanol–water partition coefficient (Wildman–Crippen LogP) is 2.39. The first-order chi connectivity index (χ1) is 13.0. The molecule has 140 valence electrons. The molecule has 2 aliphatic rings. The van der Waals surface area contributed by atoms with E-state index < -0.39 is 12.1 Å². The van der Waals surface area contributed by atoms with E-state index in [4.69, 9.17) is 1.37 Å². The van der Waals surface area contributed by atoms with Crippen LogP contribution in [-0.4, -0.2) is 46.1 Å². The van der Waals surface area contributed by atoms with Gasteiger partial charge in [-0.3, -0.25) is 14.4 Å². The molecule has 26 heavy (non-hydrogen) atoms. The molecule has 1 fully saturated rings. The van der Waals surface area contributed by atoms with Gasteiger partial charge in [0.15, 0.2) is 0 Å². The summed E-state index contributed by atoms with van der Waals surface area (Å²) in [5.74, 6) is -0.707. The molecular weight excluding hydrogens is 330 g/mol. The fourth-order valence-corrected chi connectivity index (χ4v) is 3.93. The molecule has 1 N–H and O–H groups in total. The van der Waals surface area contributed by atoms with Crippen molar-refractivity contribution in [2.45, 2.75) is 58.6 Å². The topological polar surface area (TPSA) is 69.7 Å². The first kappa shape index (κ1) is 17.1. The summed E-state index contributed by atoms with van der Waals surface area (Å²) in [6, 6.07) is 6.36. The van der Waals surface area contributed by atoms with Gasteiger partial charge in [0.2, 0.25) is 17.7 Å². The molecule has 1 aromatic carbocycles. The standard InChI is InChI=1S/C20H27N3O3/c1-4-13(2)18-19(25)21-16-9-6-5-8-15(16)12-23(18)20(26)17-10-7-11-22(17)14(3)24/h5-6,8-9,13,17-18H,4,7,10-12H2,1-3H3,(H,21,25)/t13?,17-,18?/m0/s1/i3D. The van der Waals surface area contributed by atoms with Crippen molar-refractivity contribution in [1.29, 1.82) is 0 Å². The second kappa shape index (κ2) is 7.48. The van der Waals surface area contributed by atoms with Crippen molar-refractivity contribution in [2.24, 2.45) is 5.92 Å². The van der Waals surface area contributed by atoms with Crippen molar-refractivity contribution in [3.63, 3.8) is 0 Å². The third kappa shape index (κ3) is 3.32. The number of hydrogen-bond acceptors (Lipinski definition) is 3. The minimum atomic E-state index is -0.580. The van der Waals surface area contributed by atoms with E-state index >= 15 is 0 Å². The fourth-order valence-electron chi connectivity index (χ4n) is 3.93. The minimum absolute atomic E-state index is 0.00927. The summed E-state index contributed by atoms with van der Waals surface area (Å²) in [6.07, 6.45) is 2.09. The minimum Gasteiger partial charge on any atom is -0.331 e. The second-order valence-corrected chi connectivity index (χ2v) is 7.19. The quantitative estimate of drug-likeness (QED) is 0.902. The number of para-hydroxylation sites is 1. The van der Waals surface area contributed by atoms with Gasteiger partial charge in [0, 0.05) is 27.0 Å². The first-order valence-electron chi connectivity index (χ1n) is 9.96. The lowest BCUT2D eigenvalue weighted by Gasteiger charge is -2.36. The number of amides is 3. The molecular formula is C20H27N3O3. The van der Waals surface area contributed by atoms with Crippen LogP contribution in [0.15, 0.2) is 24.3 Å². The molecule has 3 atom stereocenters. The predicted molar refractivity (Wildman–Crippen MR) is 99.3 cm³/mol. The highest BCUT2D eigenvalue weighted by molar-refractivity contribution is 6.00. The number of carbonyl (C=O) groups is 3. The summed E-state index contributed by atoms with van der Waals surface area (Å²) in [5.41, 5.74) is 1.62. The first-order valence-corrected chi connectivity index (χ1v) is 9.25. The SMILES string of the molecule is [2H]CC(=O)N1CCC[C@H]1C(=O)N1Cc2ccccc2NC(=O)C1C(C)CC. The van der Waals surface area contributed by atoms with Gasteiger partial charge in [0.05, 0.1) is 0 Å². The van der Waals surface area contributed by atoms with Crippen LogP contribution in [0.5, 0.6) is 0 Å². The van der Waals surface area contributed by atoms with Gasteiger partial charge in [-0.05, 0) is 30.4 Å². The zero-order valence-electron chi connectivity index (χ0n) is 16.4. The van der Waals surface area contributed by atoms with Crippen LogP contribution in [0.1, 0.15) is 46.9 Å². The number of nitrogens with one attached hydrogen (secondary N) is 1. The van der Waals surface area contributed by atoms with Gasteiger partial charge in [-0.15, -0.1) is 0 Å². The van der Waals surface area contributed by atoms with Crippen molar-refractivity contribution in [2.75, 3.05) is 11.9 Å². The van der Waals surface area contributed by atoms with Crippen LogP contribution in [-0.2, 0) is 20.9 Å². The van der Waals surface area contributed by atoms with E-state index in [0.29, 0.717) is 19.5 Å². The summed E-state index contributed by atoms with van der Waals surface area (Å²) in [4.78, 5) is 41.7. The number of nitrogens with zero attached hydrogens (tertiary/aromatic N) is 2. The molecule has 3 amide bonds. The maximum Gasteiger partial charge on any atom is 0.247 e.